The molecule has 0 radical (unpaired) electrons. The van der Waals surface area contributed by atoms with Crippen LogP contribution in [-0.4, -0.2) is 9.81 Å². The van der Waals surface area contributed by atoms with Crippen molar-refractivity contribution in [2.45, 2.75) is 37.9 Å². The normalized spacial score (nSPS) is 16.0. The highest BCUT2D eigenvalue weighted by Crippen LogP contribution is 2.29. The zero-order valence-electron chi connectivity index (χ0n) is 7.67. The highest BCUT2D eigenvalue weighted by atomic mass is 79.9. The highest BCUT2D eigenvalue weighted by Gasteiger charge is 2.17. The molecule has 2 atom stereocenters. The predicted octanol–water partition coefficient (Wildman–Crippen LogP) is 3.73. The first kappa shape index (κ1) is 10.2. The van der Waals surface area contributed by atoms with Gasteiger partial charge in [0.1, 0.15) is 0 Å². The van der Waals surface area contributed by atoms with Gasteiger partial charge in [0, 0.05) is 21.8 Å². The van der Waals surface area contributed by atoms with Crippen LogP contribution in [0.1, 0.15) is 36.9 Å². The average Bonchev–Trinajstić information content (AvgIpc) is 2.37. The van der Waals surface area contributed by atoms with Crippen LogP contribution in [0.15, 0.2) is 5.38 Å². The number of nitrogens with zero attached hydrogens (tertiary/aromatic N) is 1. The lowest BCUT2D eigenvalue weighted by Gasteiger charge is -2.13. The average molecular weight is 248 g/mol. The Bertz CT molecular complexity index is 244. The molecular weight excluding hydrogens is 234 g/mol. The van der Waals surface area contributed by atoms with Crippen molar-refractivity contribution in [3.63, 3.8) is 0 Å². The summed E-state index contributed by atoms with van der Waals surface area (Å²) < 4.78 is 0. The van der Waals surface area contributed by atoms with E-state index in [4.69, 9.17) is 0 Å². The Morgan fingerprint density at radius 2 is 2.33 bits per heavy atom. The van der Waals surface area contributed by atoms with E-state index in [1.165, 1.54) is 5.01 Å². The maximum Gasteiger partial charge on any atom is 0.0970 e. The molecule has 0 aromatic carbocycles. The molecule has 1 aromatic rings. The molecule has 0 saturated carbocycles. The second-order valence-corrected chi connectivity index (χ2v) is 5.35. The van der Waals surface area contributed by atoms with Gasteiger partial charge in [0.2, 0.25) is 0 Å². The second-order valence-electron chi connectivity index (χ2n) is 3.02. The van der Waals surface area contributed by atoms with Crippen LogP contribution < -0.4 is 0 Å². The molecule has 0 bridgehead atoms. The summed E-state index contributed by atoms with van der Waals surface area (Å²) in [4.78, 5) is 5.01. The zero-order valence-corrected chi connectivity index (χ0v) is 10.1. The first-order valence-corrected chi connectivity index (χ1v) is 6.00. The lowest BCUT2D eigenvalue weighted by Crippen LogP contribution is -2.07. The Hall–Kier alpha value is 0.110. The zero-order chi connectivity index (χ0) is 9.14. The van der Waals surface area contributed by atoms with Gasteiger partial charge in [0.15, 0.2) is 0 Å². The maximum atomic E-state index is 4.49. The number of aryl methyl sites for hydroxylation is 1. The van der Waals surface area contributed by atoms with Crippen molar-refractivity contribution in [3.8, 4) is 0 Å². The number of alkyl halides is 1. The Morgan fingerprint density at radius 1 is 1.67 bits per heavy atom. The van der Waals surface area contributed by atoms with Crippen molar-refractivity contribution in [1.82, 2.24) is 4.98 Å². The van der Waals surface area contributed by atoms with Crippen LogP contribution in [-0.2, 0) is 0 Å². The SMILES string of the molecule is CCC(c1nc(C)cs1)C(C)Br. The molecule has 0 saturated heterocycles. The van der Waals surface area contributed by atoms with E-state index in [2.05, 4.69) is 40.1 Å². The van der Waals surface area contributed by atoms with Gasteiger partial charge in [-0.3, -0.25) is 0 Å². The third-order valence-corrected chi connectivity index (χ3v) is 3.68. The van der Waals surface area contributed by atoms with Crippen LogP contribution in [0.4, 0.5) is 0 Å². The molecule has 0 N–H and O–H groups in total. The van der Waals surface area contributed by atoms with Crippen LogP contribution in [0.3, 0.4) is 0 Å². The lowest BCUT2D eigenvalue weighted by atomic mass is 10.1. The van der Waals surface area contributed by atoms with Crippen molar-refractivity contribution in [1.29, 1.82) is 0 Å². The van der Waals surface area contributed by atoms with Gasteiger partial charge < -0.3 is 0 Å². The van der Waals surface area contributed by atoms with Crippen molar-refractivity contribution >= 4 is 27.3 Å². The summed E-state index contributed by atoms with van der Waals surface area (Å²) in [5, 5.41) is 3.38. The molecule has 0 spiro atoms. The summed E-state index contributed by atoms with van der Waals surface area (Å²) in [5.41, 5.74) is 1.14. The van der Waals surface area contributed by atoms with Gasteiger partial charge >= 0.3 is 0 Å². The van der Waals surface area contributed by atoms with E-state index in [1.807, 2.05) is 6.92 Å². The van der Waals surface area contributed by atoms with Crippen LogP contribution >= 0.6 is 27.3 Å². The molecule has 1 heterocycles. The van der Waals surface area contributed by atoms with E-state index < -0.39 is 0 Å². The van der Waals surface area contributed by atoms with Gasteiger partial charge in [0.05, 0.1) is 5.01 Å². The molecule has 0 aliphatic rings. The third-order valence-electron chi connectivity index (χ3n) is 1.95. The Labute approximate surface area is 86.3 Å². The summed E-state index contributed by atoms with van der Waals surface area (Å²) in [6.07, 6.45) is 1.15. The van der Waals surface area contributed by atoms with Gasteiger partial charge in [-0.25, -0.2) is 4.98 Å². The summed E-state index contributed by atoms with van der Waals surface area (Å²) in [7, 11) is 0. The standard InChI is InChI=1S/C9H14BrNS/c1-4-8(7(3)10)9-11-6(2)5-12-9/h5,7-8H,4H2,1-3H3. The molecule has 0 fully saturated rings. The quantitative estimate of drug-likeness (QED) is 0.743. The van der Waals surface area contributed by atoms with E-state index in [-0.39, 0.29) is 0 Å². The fourth-order valence-electron chi connectivity index (χ4n) is 1.24. The largest absolute Gasteiger partial charge is 0.246 e. The summed E-state index contributed by atoms with van der Waals surface area (Å²) in [6.45, 7) is 6.44. The number of halogens is 1. The highest BCUT2D eigenvalue weighted by molar-refractivity contribution is 9.09. The third kappa shape index (κ3) is 2.30. The topological polar surface area (TPSA) is 12.9 Å². The minimum Gasteiger partial charge on any atom is -0.246 e. The monoisotopic (exact) mass is 247 g/mol. The molecule has 1 rings (SSSR count). The number of thiazole rings is 1. The van der Waals surface area contributed by atoms with Crippen LogP contribution in [0.2, 0.25) is 0 Å². The van der Waals surface area contributed by atoms with Crippen molar-refractivity contribution in [2.24, 2.45) is 0 Å². The van der Waals surface area contributed by atoms with E-state index >= 15 is 0 Å². The summed E-state index contributed by atoms with van der Waals surface area (Å²) in [6, 6.07) is 0. The smallest absolute Gasteiger partial charge is 0.0970 e. The fraction of sp³-hybridized carbons (Fsp3) is 0.667. The molecular formula is C9H14BrNS. The first-order chi connectivity index (χ1) is 5.65. The number of hydrogen-bond donors (Lipinski definition) is 0. The molecule has 12 heavy (non-hydrogen) atoms. The maximum absolute atomic E-state index is 4.49. The van der Waals surface area contributed by atoms with E-state index in [0.29, 0.717) is 10.7 Å². The van der Waals surface area contributed by atoms with Gasteiger partial charge in [-0.05, 0) is 13.3 Å². The van der Waals surface area contributed by atoms with Crippen LogP contribution in [0.5, 0.6) is 0 Å². The molecule has 1 nitrogen and oxygen atoms in total. The minimum absolute atomic E-state index is 0.521. The molecule has 68 valence electrons. The number of rotatable bonds is 3. The fourth-order valence-corrected chi connectivity index (χ4v) is 3.12. The van der Waals surface area contributed by atoms with Crippen LogP contribution in [0, 0.1) is 6.92 Å². The van der Waals surface area contributed by atoms with Gasteiger partial charge in [-0.15, -0.1) is 11.3 Å². The van der Waals surface area contributed by atoms with Crippen molar-refractivity contribution < 1.29 is 0 Å². The minimum atomic E-state index is 0.521. The second kappa shape index (κ2) is 4.38. The predicted molar refractivity (Wildman–Crippen MR) is 58.3 cm³/mol. The molecule has 0 aliphatic heterocycles. The van der Waals surface area contributed by atoms with Crippen molar-refractivity contribution in [2.75, 3.05) is 0 Å². The number of hydrogen-bond acceptors (Lipinski definition) is 2. The molecule has 3 heteroatoms. The van der Waals surface area contributed by atoms with E-state index in [1.54, 1.807) is 11.3 Å². The van der Waals surface area contributed by atoms with Crippen LogP contribution in [0.25, 0.3) is 0 Å². The summed E-state index contributed by atoms with van der Waals surface area (Å²) >= 11 is 5.38. The van der Waals surface area contributed by atoms with Crippen molar-refractivity contribution in [3.05, 3.63) is 16.1 Å². The Morgan fingerprint density at radius 3 is 2.67 bits per heavy atom. The van der Waals surface area contributed by atoms with E-state index in [9.17, 15) is 0 Å². The Kier molecular flexibility index (Phi) is 3.72. The molecule has 1 aromatic heterocycles. The molecule has 0 aliphatic carbocycles. The first-order valence-electron chi connectivity index (χ1n) is 4.21. The van der Waals surface area contributed by atoms with Gasteiger partial charge in [0.25, 0.3) is 0 Å². The van der Waals surface area contributed by atoms with E-state index in [0.717, 1.165) is 12.1 Å². The summed E-state index contributed by atoms with van der Waals surface area (Å²) in [5.74, 6) is 0.573. The van der Waals surface area contributed by atoms with Gasteiger partial charge in [-0.1, -0.05) is 29.8 Å². The lowest BCUT2D eigenvalue weighted by molar-refractivity contribution is 0.657. The number of aromatic nitrogens is 1. The molecule has 0 amide bonds. The Balaban J connectivity index is 2.80. The molecule has 2 unspecified atom stereocenters. The van der Waals surface area contributed by atoms with Gasteiger partial charge in [-0.2, -0.15) is 0 Å².